The highest BCUT2D eigenvalue weighted by Crippen LogP contribution is 2.31. The number of imidazole rings is 1. The minimum absolute atomic E-state index is 0.434. The van der Waals surface area contributed by atoms with Crippen LogP contribution in [0.1, 0.15) is 30.1 Å². The molecule has 3 heterocycles. The standard InChI is InChI=1S/C18H19N3O/c1-13-4-2-5-15(12-13)21-17(14-7-10-22-11-8-14)20-16-6-3-9-19-18(16)21/h2-6,9,12,14H,7-8,10-11H2,1H3. The van der Waals surface area contributed by atoms with Crippen molar-refractivity contribution < 1.29 is 4.74 Å². The molecule has 2 aromatic heterocycles. The topological polar surface area (TPSA) is 39.9 Å². The number of hydrogen-bond acceptors (Lipinski definition) is 3. The summed E-state index contributed by atoms with van der Waals surface area (Å²) >= 11 is 0. The van der Waals surface area contributed by atoms with Crippen LogP contribution in [0.3, 0.4) is 0 Å². The van der Waals surface area contributed by atoms with Crippen molar-refractivity contribution in [1.82, 2.24) is 14.5 Å². The van der Waals surface area contributed by atoms with Gasteiger partial charge in [-0.2, -0.15) is 0 Å². The lowest BCUT2D eigenvalue weighted by atomic mass is 9.99. The van der Waals surface area contributed by atoms with Gasteiger partial charge >= 0.3 is 0 Å². The summed E-state index contributed by atoms with van der Waals surface area (Å²) in [6, 6.07) is 12.5. The van der Waals surface area contributed by atoms with E-state index in [1.165, 1.54) is 5.56 Å². The van der Waals surface area contributed by atoms with E-state index in [0.29, 0.717) is 5.92 Å². The van der Waals surface area contributed by atoms with Crippen molar-refractivity contribution >= 4 is 11.2 Å². The molecule has 1 saturated heterocycles. The van der Waals surface area contributed by atoms with E-state index < -0.39 is 0 Å². The van der Waals surface area contributed by atoms with Gasteiger partial charge in [-0.15, -0.1) is 0 Å². The third kappa shape index (κ3) is 2.29. The molecule has 1 aliphatic heterocycles. The minimum Gasteiger partial charge on any atom is -0.381 e. The molecule has 0 radical (unpaired) electrons. The molecule has 22 heavy (non-hydrogen) atoms. The Morgan fingerprint density at radius 2 is 2.00 bits per heavy atom. The zero-order valence-corrected chi connectivity index (χ0v) is 12.7. The Labute approximate surface area is 129 Å². The maximum absolute atomic E-state index is 5.51. The zero-order valence-electron chi connectivity index (χ0n) is 12.7. The van der Waals surface area contributed by atoms with Crippen molar-refractivity contribution in [2.24, 2.45) is 0 Å². The second kappa shape index (κ2) is 5.54. The summed E-state index contributed by atoms with van der Waals surface area (Å²) in [4.78, 5) is 9.46. The Hall–Kier alpha value is -2.20. The molecule has 1 aromatic carbocycles. The molecule has 0 N–H and O–H groups in total. The quantitative estimate of drug-likeness (QED) is 0.724. The maximum Gasteiger partial charge on any atom is 0.164 e. The summed E-state index contributed by atoms with van der Waals surface area (Å²) in [6.07, 6.45) is 3.88. The molecule has 4 heteroatoms. The van der Waals surface area contributed by atoms with Crippen LogP contribution in [0.5, 0.6) is 0 Å². The fraction of sp³-hybridized carbons (Fsp3) is 0.333. The van der Waals surface area contributed by atoms with Crippen LogP contribution in [-0.4, -0.2) is 27.7 Å². The molecule has 3 aromatic rings. The Kier molecular flexibility index (Phi) is 3.39. The zero-order chi connectivity index (χ0) is 14.9. The van der Waals surface area contributed by atoms with Gasteiger partial charge in [0.15, 0.2) is 5.65 Å². The van der Waals surface area contributed by atoms with Crippen LogP contribution in [0.4, 0.5) is 0 Å². The van der Waals surface area contributed by atoms with Crippen LogP contribution in [0, 0.1) is 6.92 Å². The molecular formula is C18H19N3O. The Morgan fingerprint density at radius 1 is 1.14 bits per heavy atom. The van der Waals surface area contributed by atoms with Crippen molar-refractivity contribution in [3.8, 4) is 5.69 Å². The molecule has 1 fully saturated rings. The van der Waals surface area contributed by atoms with Gasteiger partial charge in [0.05, 0.1) is 0 Å². The number of pyridine rings is 1. The van der Waals surface area contributed by atoms with Crippen molar-refractivity contribution in [2.45, 2.75) is 25.7 Å². The number of benzene rings is 1. The Morgan fingerprint density at radius 3 is 2.82 bits per heavy atom. The van der Waals surface area contributed by atoms with Gasteiger partial charge in [-0.05, 0) is 49.6 Å². The monoisotopic (exact) mass is 293 g/mol. The van der Waals surface area contributed by atoms with Crippen LogP contribution in [0.25, 0.3) is 16.9 Å². The first-order chi connectivity index (χ1) is 10.8. The molecule has 0 atom stereocenters. The van der Waals surface area contributed by atoms with Gasteiger partial charge in [-0.25, -0.2) is 9.97 Å². The molecule has 112 valence electrons. The number of aryl methyl sites for hydroxylation is 1. The van der Waals surface area contributed by atoms with Crippen molar-refractivity contribution in [3.63, 3.8) is 0 Å². The van der Waals surface area contributed by atoms with Gasteiger partial charge in [-0.1, -0.05) is 12.1 Å². The normalized spacial score (nSPS) is 16.2. The van der Waals surface area contributed by atoms with Crippen LogP contribution in [-0.2, 0) is 4.74 Å². The third-order valence-corrected chi connectivity index (χ3v) is 4.29. The lowest BCUT2D eigenvalue weighted by molar-refractivity contribution is 0.0834. The summed E-state index contributed by atoms with van der Waals surface area (Å²) < 4.78 is 7.73. The average molecular weight is 293 g/mol. The van der Waals surface area contributed by atoms with Crippen LogP contribution in [0.2, 0.25) is 0 Å². The average Bonchev–Trinajstić information content (AvgIpc) is 2.95. The molecule has 1 aliphatic rings. The van der Waals surface area contributed by atoms with E-state index >= 15 is 0 Å². The van der Waals surface area contributed by atoms with E-state index in [1.807, 2.05) is 18.3 Å². The smallest absolute Gasteiger partial charge is 0.164 e. The van der Waals surface area contributed by atoms with Gasteiger partial charge in [-0.3, -0.25) is 4.57 Å². The largest absolute Gasteiger partial charge is 0.381 e. The number of rotatable bonds is 2. The third-order valence-electron chi connectivity index (χ3n) is 4.29. The van der Waals surface area contributed by atoms with Crippen molar-refractivity contribution in [1.29, 1.82) is 0 Å². The molecule has 4 rings (SSSR count). The lowest BCUT2D eigenvalue weighted by Gasteiger charge is -2.22. The highest BCUT2D eigenvalue weighted by atomic mass is 16.5. The van der Waals surface area contributed by atoms with Crippen LogP contribution < -0.4 is 0 Å². The van der Waals surface area contributed by atoms with Gasteiger partial charge in [0.1, 0.15) is 11.3 Å². The minimum atomic E-state index is 0.434. The summed E-state index contributed by atoms with van der Waals surface area (Å²) in [7, 11) is 0. The van der Waals surface area contributed by atoms with Crippen LogP contribution in [0.15, 0.2) is 42.6 Å². The first-order valence-corrected chi connectivity index (χ1v) is 7.81. The van der Waals surface area contributed by atoms with Crippen molar-refractivity contribution in [2.75, 3.05) is 13.2 Å². The molecule has 0 spiro atoms. The van der Waals surface area contributed by atoms with Gasteiger partial charge in [0.25, 0.3) is 0 Å². The van der Waals surface area contributed by atoms with E-state index in [-0.39, 0.29) is 0 Å². The number of ether oxygens (including phenoxy) is 1. The molecule has 0 aliphatic carbocycles. The fourth-order valence-electron chi connectivity index (χ4n) is 3.18. The lowest BCUT2D eigenvalue weighted by Crippen LogP contribution is -2.17. The van der Waals surface area contributed by atoms with Crippen molar-refractivity contribution in [3.05, 3.63) is 54.0 Å². The highest BCUT2D eigenvalue weighted by Gasteiger charge is 2.24. The van der Waals surface area contributed by atoms with Gasteiger partial charge in [0, 0.05) is 31.0 Å². The van der Waals surface area contributed by atoms with E-state index in [0.717, 1.165) is 48.7 Å². The first-order valence-electron chi connectivity index (χ1n) is 7.81. The number of aromatic nitrogens is 3. The second-order valence-electron chi connectivity index (χ2n) is 5.88. The molecule has 0 unspecified atom stereocenters. The molecule has 0 bridgehead atoms. The van der Waals surface area contributed by atoms with E-state index in [2.05, 4.69) is 40.7 Å². The SMILES string of the molecule is Cc1cccc(-n2c(C3CCOCC3)nc3cccnc32)c1. The van der Waals surface area contributed by atoms with Gasteiger partial charge in [0.2, 0.25) is 0 Å². The van der Waals surface area contributed by atoms with E-state index in [4.69, 9.17) is 9.72 Å². The number of fused-ring (bicyclic) bond motifs is 1. The predicted octanol–water partition coefficient (Wildman–Crippen LogP) is 3.62. The summed E-state index contributed by atoms with van der Waals surface area (Å²) in [5.74, 6) is 1.55. The highest BCUT2D eigenvalue weighted by molar-refractivity contribution is 5.74. The Bertz CT molecular complexity index is 803. The van der Waals surface area contributed by atoms with Crippen LogP contribution >= 0.6 is 0 Å². The van der Waals surface area contributed by atoms with Gasteiger partial charge < -0.3 is 4.74 Å². The fourth-order valence-corrected chi connectivity index (χ4v) is 3.18. The molecule has 0 amide bonds. The Balaban J connectivity index is 1.93. The summed E-state index contributed by atoms with van der Waals surface area (Å²) in [5, 5.41) is 0. The number of hydrogen-bond donors (Lipinski definition) is 0. The van der Waals surface area contributed by atoms with E-state index in [9.17, 15) is 0 Å². The predicted molar refractivity (Wildman–Crippen MR) is 86.4 cm³/mol. The van der Waals surface area contributed by atoms with E-state index in [1.54, 1.807) is 0 Å². The summed E-state index contributed by atoms with van der Waals surface area (Å²) in [6.45, 7) is 3.74. The number of nitrogens with zero attached hydrogens (tertiary/aromatic N) is 3. The first kappa shape index (κ1) is 13.5. The maximum atomic E-state index is 5.51. The molecule has 0 saturated carbocycles. The molecule has 4 nitrogen and oxygen atoms in total. The summed E-state index contributed by atoms with van der Waals surface area (Å²) in [5.41, 5.74) is 4.29. The molecular weight excluding hydrogens is 274 g/mol. The second-order valence-corrected chi connectivity index (χ2v) is 5.88.